The van der Waals surface area contributed by atoms with Gasteiger partial charge in [-0.2, -0.15) is 5.26 Å². The molecule has 31 heavy (non-hydrogen) atoms. The normalized spacial score (nSPS) is 10.9. The Kier molecular flexibility index (Phi) is 6.04. The number of nitrogens with one attached hydrogen (secondary N) is 1. The summed E-state index contributed by atoms with van der Waals surface area (Å²) in [6.07, 6.45) is 4.01. The number of hydrogen-bond donors (Lipinski definition) is 1. The number of carbonyl (C=O) groups excluding carboxylic acids is 1. The largest absolute Gasteiger partial charge is 0.362 e. The van der Waals surface area contributed by atoms with Crippen LogP contribution in [0.15, 0.2) is 53.8 Å². The van der Waals surface area contributed by atoms with Crippen LogP contribution in [-0.4, -0.2) is 44.6 Å². The minimum absolute atomic E-state index is 0.166. The summed E-state index contributed by atoms with van der Waals surface area (Å²) >= 11 is 0. The van der Waals surface area contributed by atoms with E-state index in [1.54, 1.807) is 29.3 Å². The molecule has 1 aromatic carbocycles. The van der Waals surface area contributed by atoms with E-state index in [2.05, 4.69) is 21.4 Å². The van der Waals surface area contributed by atoms with Crippen molar-refractivity contribution in [2.75, 3.05) is 30.6 Å². The molecule has 0 atom stereocenters. The van der Waals surface area contributed by atoms with Gasteiger partial charge >= 0.3 is 0 Å². The molecular weight excluding hydrogens is 414 g/mol. The van der Waals surface area contributed by atoms with E-state index >= 15 is 0 Å². The Bertz CT molecular complexity index is 1310. The summed E-state index contributed by atoms with van der Waals surface area (Å²) in [5, 5.41) is 12.1. The fourth-order valence-electron chi connectivity index (χ4n) is 3.01. The minimum Gasteiger partial charge on any atom is -0.362 e. The first-order valence-electron chi connectivity index (χ1n) is 9.26. The molecule has 0 spiro atoms. The molecule has 0 aliphatic carbocycles. The van der Waals surface area contributed by atoms with Crippen LogP contribution in [0.2, 0.25) is 0 Å². The van der Waals surface area contributed by atoms with Gasteiger partial charge in [-0.15, -0.1) is 0 Å². The molecule has 1 N–H and O–H groups in total. The van der Waals surface area contributed by atoms with Crippen LogP contribution in [0.25, 0.3) is 11.1 Å². The van der Waals surface area contributed by atoms with Crippen LogP contribution < -0.4 is 10.2 Å². The van der Waals surface area contributed by atoms with Crippen molar-refractivity contribution in [2.45, 2.75) is 11.9 Å². The van der Waals surface area contributed by atoms with Gasteiger partial charge in [0.25, 0.3) is 5.91 Å². The number of rotatable bonds is 5. The average Bonchev–Trinajstić information content (AvgIpc) is 2.74. The van der Waals surface area contributed by atoms with E-state index in [1.165, 1.54) is 18.3 Å². The number of amides is 1. The summed E-state index contributed by atoms with van der Waals surface area (Å²) in [6.45, 7) is 1.92. The van der Waals surface area contributed by atoms with Gasteiger partial charge in [-0.3, -0.25) is 4.79 Å². The van der Waals surface area contributed by atoms with E-state index in [0.717, 1.165) is 22.9 Å². The molecule has 3 aromatic rings. The van der Waals surface area contributed by atoms with Crippen LogP contribution in [0.3, 0.4) is 0 Å². The second-order valence-electron chi connectivity index (χ2n) is 7.24. The van der Waals surface area contributed by atoms with Crippen LogP contribution in [0.5, 0.6) is 0 Å². The maximum absolute atomic E-state index is 12.7. The highest BCUT2D eigenvalue weighted by molar-refractivity contribution is 7.90. The van der Waals surface area contributed by atoms with E-state index in [4.69, 9.17) is 0 Å². The summed E-state index contributed by atoms with van der Waals surface area (Å²) in [6, 6.07) is 12.0. The van der Waals surface area contributed by atoms with Gasteiger partial charge in [0.15, 0.2) is 14.9 Å². The van der Waals surface area contributed by atoms with E-state index in [1.807, 2.05) is 27.1 Å². The Morgan fingerprint density at radius 2 is 1.87 bits per heavy atom. The third-order valence-electron chi connectivity index (χ3n) is 4.59. The molecule has 0 unspecified atom stereocenters. The van der Waals surface area contributed by atoms with Crippen molar-refractivity contribution in [2.24, 2.45) is 0 Å². The zero-order valence-corrected chi connectivity index (χ0v) is 18.4. The van der Waals surface area contributed by atoms with Crippen LogP contribution in [-0.2, 0) is 9.84 Å². The molecule has 0 aliphatic heterocycles. The molecule has 8 nitrogen and oxygen atoms in total. The summed E-state index contributed by atoms with van der Waals surface area (Å²) in [5.74, 6) is 0.119. The first-order valence-corrected chi connectivity index (χ1v) is 11.1. The van der Waals surface area contributed by atoms with Crippen LogP contribution >= 0.6 is 0 Å². The Morgan fingerprint density at radius 1 is 1.13 bits per heavy atom. The van der Waals surface area contributed by atoms with Crippen molar-refractivity contribution < 1.29 is 13.2 Å². The Morgan fingerprint density at radius 3 is 2.52 bits per heavy atom. The highest BCUT2D eigenvalue weighted by Crippen LogP contribution is 2.29. The number of aryl methyl sites for hydroxylation is 1. The predicted octanol–water partition coefficient (Wildman–Crippen LogP) is 3.05. The second-order valence-corrected chi connectivity index (χ2v) is 9.20. The second kappa shape index (κ2) is 8.53. The first kappa shape index (κ1) is 21.9. The minimum atomic E-state index is -3.52. The number of hydrogen-bond acceptors (Lipinski definition) is 7. The SMILES string of the molecule is Cc1ccc(NC(=O)c2ccnc(S(C)(=O)=O)c2)cc1-c1cnc(N(C)C)c(C#N)c1. The quantitative estimate of drug-likeness (QED) is 0.655. The van der Waals surface area contributed by atoms with Gasteiger partial charge in [0.1, 0.15) is 11.9 Å². The lowest BCUT2D eigenvalue weighted by Crippen LogP contribution is -2.13. The van der Waals surface area contributed by atoms with Crippen molar-refractivity contribution >= 4 is 27.2 Å². The molecule has 0 fully saturated rings. The number of nitrogens with zero attached hydrogens (tertiary/aromatic N) is 4. The highest BCUT2D eigenvalue weighted by atomic mass is 32.2. The Hall–Kier alpha value is -3.77. The smallest absolute Gasteiger partial charge is 0.255 e. The van der Waals surface area contributed by atoms with Gasteiger partial charge in [-0.1, -0.05) is 6.07 Å². The third-order valence-corrected chi connectivity index (χ3v) is 5.58. The fourth-order valence-corrected chi connectivity index (χ4v) is 3.60. The topological polar surface area (TPSA) is 116 Å². The molecule has 2 heterocycles. The molecule has 1 amide bonds. The number of nitriles is 1. The van der Waals surface area contributed by atoms with Gasteiger partial charge in [-0.25, -0.2) is 18.4 Å². The maximum Gasteiger partial charge on any atom is 0.255 e. The maximum atomic E-state index is 12.7. The summed E-state index contributed by atoms with van der Waals surface area (Å²) in [7, 11) is 0.112. The predicted molar refractivity (Wildman–Crippen MR) is 119 cm³/mol. The van der Waals surface area contributed by atoms with Gasteiger partial charge in [0.2, 0.25) is 0 Å². The molecular formula is C22H21N5O3S. The number of carbonyl (C=O) groups is 1. The van der Waals surface area contributed by atoms with E-state index in [-0.39, 0.29) is 10.6 Å². The lowest BCUT2D eigenvalue weighted by Gasteiger charge is -2.15. The lowest BCUT2D eigenvalue weighted by molar-refractivity contribution is 0.102. The van der Waals surface area contributed by atoms with Crippen molar-refractivity contribution in [1.29, 1.82) is 5.26 Å². The van der Waals surface area contributed by atoms with E-state index in [0.29, 0.717) is 17.1 Å². The highest BCUT2D eigenvalue weighted by Gasteiger charge is 2.15. The Balaban J connectivity index is 1.94. The van der Waals surface area contributed by atoms with E-state index < -0.39 is 15.7 Å². The molecule has 0 radical (unpaired) electrons. The molecule has 0 bridgehead atoms. The molecule has 2 aromatic heterocycles. The van der Waals surface area contributed by atoms with Gasteiger partial charge in [-0.05, 0) is 48.4 Å². The molecule has 0 saturated heterocycles. The standard InChI is InChI=1S/C22H21N5O3S/c1-14-5-6-18(26-22(28)15-7-8-24-20(10-15)31(4,29)30)11-19(14)17-9-16(12-23)21(25-13-17)27(2)3/h5-11,13H,1-4H3,(H,26,28). The number of anilines is 2. The Labute approximate surface area is 181 Å². The zero-order chi connectivity index (χ0) is 22.8. The number of sulfone groups is 1. The molecule has 0 aliphatic rings. The fraction of sp³-hybridized carbons (Fsp3) is 0.182. The van der Waals surface area contributed by atoms with Gasteiger partial charge < -0.3 is 10.2 Å². The lowest BCUT2D eigenvalue weighted by atomic mass is 10.00. The summed E-state index contributed by atoms with van der Waals surface area (Å²) < 4.78 is 23.4. The van der Waals surface area contributed by atoms with Crippen molar-refractivity contribution in [3.63, 3.8) is 0 Å². The molecule has 3 rings (SSSR count). The molecule has 0 saturated carbocycles. The summed E-state index contributed by atoms with van der Waals surface area (Å²) in [5.41, 5.74) is 3.67. The summed E-state index contributed by atoms with van der Waals surface area (Å²) in [4.78, 5) is 22.6. The number of aromatic nitrogens is 2. The third kappa shape index (κ3) is 4.87. The van der Waals surface area contributed by atoms with Crippen LogP contribution in [0.1, 0.15) is 21.5 Å². The average molecular weight is 436 g/mol. The zero-order valence-electron chi connectivity index (χ0n) is 17.5. The van der Waals surface area contributed by atoms with Crippen LogP contribution in [0, 0.1) is 18.3 Å². The van der Waals surface area contributed by atoms with Crippen molar-refractivity contribution in [3.8, 4) is 17.2 Å². The van der Waals surface area contributed by atoms with Gasteiger partial charge in [0.05, 0.1) is 5.56 Å². The number of benzene rings is 1. The van der Waals surface area contributed by atoms with E-state index in [9.17, 15) is 18.5 Å². The number of pyridine rings is 2. The van der Waals surface area contributed by atoms with Crippen molar-refractivity contribution in [3.05, 3.63) is 65.5 Å². The van der Waals surface area contributed by atoms with Crippen molar-refractivity contribution in [1.82, 2.24) is 9.97 Å². The molecule has 9 heteroatoms. The van der Waals surface area contributed by atoms with Gasteiger partial charge in [0, 0.05) is 49.6 Å². The van der Waals surface area contributed by atoms with Crippen LogP contribution in [0.4, 0.5) is 11.5 Å². The molecule has 158 valence electrons. The monoisotopic (exact) mass is 435 g/mol. The first-order chi connectivity index (χ1) is 14.6.